The second kappa shape index (κ2) is 9.11. The maximum atomic E-state index is 14.2. The minimum Gasteiger partial charge on any atom is -0.368 e. The van der Waals surface area contributed by atoms with Crippen LogP contribution in [-0.2, 0) is 16.6 Å². The molecule has 1 fully saturated rings. The van der Waals surface area contributed by atoms with Gasteiger partial charge in [-0.1, -0.05) is 6.42 Å². The lowest BCUT2D eigenvalue weighted by Gasteiger charge is -2.41. The average molecular weight is 430 g/mol. The van der Waals surface area contributed by atoms with Crippen molar-refractivity contribution >= 4 is 17.2 Å². The third kappa shape index (κ3) is 4.48. The van der Waals surface area contributed by atoms with Crippen molar-refractivity contribution in [3.05, 3.63) is 53.0 Å². The van der Waals surface area contributed by atoms with Crippen LogP contribution in [0.4, 0.5) is 10.2 Å². The molecule has 1 atom stereocenters. The van der Waals surface area contributed by atoms with E-state index in [9.17, 15) is 9.50 Å². The number of rotatable bonds is 9. The molecule has 4 rings (SSSR count). The van der Waals surface area contributed by atoms with Crippen LogP contribution in [0.1, 0.15) is 36.3 Å². The highest BCUT2D eigenvalue weighted by Gasteiger charge is 2.41. The van der Waals surface area contributed by atoms with E-state index in [2.05, 4.69) is 25.5 Å². The van der Waals surface area contributed by atoms with Gasteiger partial charge in [0.1, 0.15) is 22.3 Å². The summed E-state index contributed by atoms with van der Waals surface area (Å²) >= 11 is 1.52. The van der Waals surface area contributed by atoms with Crippen LogP contribution in [0, 0.1) is 5.82 Å². The van der Waals surface area contributed by atoms with Crippen LogP contribution in [0.3, 0.4) is 0 Å². The summed E-state index contributed by atoms with van der Waals surface area (Å²) in [5.41, 5.74) is 0.934. The molecule has 9 heteroatoms. The summed E-state index contributed by atoms with van der Waals surface area (Å²) in [6.45, 7) is 0.568. The molecule has 3 aromatic rings. The molecule has 1 aliphatic carbocycles. The lowest BCUT2D eigenvalue weighted by atomic mass is 9.66. The van der Waals surface area contributed by atoms with Crippen molar-refractivity contribution in [3.8, 4) is 10.7 Å². The fourth-order valence-corrected chi connectivity index (χ4v) is 4.49. The van der Waals surface area contributed by atoms with E-state index in [1.165, 1.54) is 24.5 Å². The van der Waals surface area contributed by atoms with E-state index in [0.717, 1.165) is 29.1 Å². The first-order valence-corrected chi connectivity index (χ1v) is 10.8. The quantitative estimate of drug-likeness (QED) is 0.502. The van der Waals surface area contributed by atoms with Crippen molar-refractivity contribution < 1.29 is 14.2 Å². The molecule has 0 aliphatic heterocycles. The fraction of sp³-hybridized carbons (Fsp3) is 0.429. The van der Waals surface area contributed by atoms with Crippen LogP contribution in [0.2, 0.25) is 0 Å². The predicted molar refractivity (Wildman–Crippen MR) is 113 cm³/mol. The van der Waals surface area contributed by atoms with E-state index in [1.54, 1.807) is 18.5 Å². The lowest BCUT2D eigenvalue weighted by Crippen LogP contribution is -2.42. The van der Waals surface area contributed by atoms with E-state index in [0.29, 0.717) is 36.6 Å². The Bertz CT molecular complexity index is 978. The Labute approximate surface area is 178 Å². The zero-order valence-electron chi connectivity index (χ0n) is 16.7. The highest BCUT2D eigenvalue weighted by atomic mass is 32.1. The Morgan fingerprint density at radius 1 is 1.27 bits per heavy atom. The zero-order chi connectivity index (χ0) is 21.0. The standard InChI is InChI=1S/C21H24FN5O2S/c1-29-18(28)8-5-14-12-24-20(30-14)16-6-7-17(27-26-16)25-13-21(9-3-10-21)19-15(22)4-2-11-23-19/h2,4,6-7,11-12,18,28H,3,5,8-10,13H2,1H3,(H,25,27). The summed E-state index contributed by atoms with van der Waals surface area (Å²) in [5.74, 6) is 0.388. The van der Waals surface area contributed by atoms with Gasteiger partial charge in [0, 0.05) is 42.8 Å². The number of nitrogens with zero attached hydrogens (tertiary/aromatic N) is 4. The van der Waals surface area contributed by atoms with Gasteiger partial charge in [-0.2, -0.15) is 0 Å². The Kier molecular flexibility index (Phi) is 6.31. The SMILES string of the molecule is COC(O)CCc1cnc(-c2ccc(NCC3(c4ncccc4F)CCC3)nn2)s1. The van der Waals surface area contributed by atoms with E-state index in [-0.39, 0.29) is 11.2 Å². The van der Waals surface area contributed by atoms with Gasteiger partial charge >= 0.3 is 0 Å². The summed E-state index contributed by atoms with van der Waals surface area (Å²) in [6.07, 6.45) is 6.74. The first-order chi connectivity index (χ1) is 14.6. The van der Waals surface area contributed by atoms with Gasteiger partial charge in [0.2, 0.25) is 0 Å². The molecular weight excluding hydrogens is 405 g/mol. The minimum absolute atomic E-state index is 0.252. The normalized spacial score (nSPS) is 16.1. The van der Waals surface area contributed by atoms with Crippen molar-refractivity contribution in [3.63, 3.8) is 0 Å². The molecule has 3 aromatic heterocycles. The molecule has 1 aliphatic rings. The minimum atomic E-state index is -0.765. The van der Waals surface area contributed by atoms with E-state index in [4.69, 9.17) is 4.74 Å². The molecular formula is C21H24FN5O2S. The van der Waals surface area contributed by atoms with E-state index in [1.807, 2.05) is 12.1 Å². The number of thiazole rings is 1. The molecule has 2 N–H and O–H groups in total. The van der Waals surface area contributed by atoms with Gasteiger partial charge in [-0.15, -0.1) is 21.5 Å². The first kappa shape index (κ1) is 20.8. The number of halogens is 1. The molecule has 7 nitrogen and oxygen atoms in total. The summed E-state index contributed by atoms with van der Waals surface area (Å²) < 4.78 is 19.1. The molecule has 1 unspecified atom stereocenters. The second-order valence-electron chi connectivity index (χ2n) is 7.49. The zero-order valence-corrected chi connectivity index (χ0v) is 17.5. The van der Waals surface area contributed by atoms with Gasteiger partial charge in [-0.3, -0.25) is 4.98 Å². The van der Waals surface area contributed by atoms with Crippen molar-refractivity contribution in [1.82, 2.24) is 20.2 Å². The summed E-state index contributed by atoms with van der Waals surface area (Å²) in [6, 6.07) is 6.82. The number of ether oxygens (including phenoxy) is 1. The third-order valence-corrected chi connectivity index (χ3v) is 6.61. The number of methoxy groups -OCH3 is 1. The molecule has 0 bridgehead atoms. The summed E-state index contributed by atoms with van der Waals surface area (Å²) in [7, 11) is 1.48. The topological polar surface area (TPSA) is 93.1 Å². The second-order valence-corrected chi connectivity index (χ2v) is 8.60. The number of nitrogens with one attached hydrogen (secondary N) is 1. The number of hydrogen-bond donors (Lipinski definition) is 2. The van der Waals surface area contributed by atoms with Crippen LogP contribution < -0.4 is 5.32 Å². The Hall–Kier alpha value is -2.49. The van der Waals surface area contributed by atoms with Crippen molar-refractivity contribution in [2.75, 3.05) is 19.0 Å². The summed E-state index contributed by atoms with van der Waals surface area (Å²) in [5, 5.41) is 22.1. The van der Waals surface area contributed by atoms with Crippen molar-refractivity contribution in [1.29, 1.82) is 0 Å². The number of aliphatic hydroxyl groups is 1. The first-order valence-electron chi connectivity index (χ1n) is 9.94. The number of aromatic nitrogens is 4. The highest BCUT2D eigenvalue weighted by Crippen LogP contribution is 2.43. The molecule has 0 saturated heterocycles. The van der Waals surface area contributed by atoms with Gasteiger partial charge in [0.25, 0.3) is 0 Å². The van der Waals surface area contributed by atoms with Crippen LogP contribution in [0.25, 0.3) is 10.7 Å². The predicted octanol–water partition coefficient (Wildman–Crippen LogP) is 3.57. The number of aryl methyl sites for hydroxylation is 1. The van der Waals surface area contributed by atoms with Gasteiger partial charge in [0.05, 0.1) is 5.69 Å². The Morgan fingerprint density at radius 3 is 2.80 bits per heavy atom. The van der Waals surface area contributed by atoms with Crippen LogP contribution in [-0.4, -0.2) is 45.2 Å². The van der Waals surface area contributed by atoms with Crippen molar-refractivity contribution in [2.24, 2.45) is 0 Å². The molecule has 0 amide bonds. The van der Waals surface area contributed by atoms with Crippen LogP contribution >= 0.6 is 11.3 Å². The number of aliphatic hydroxyl groups excluding tert-OH is 1. The number of anilines is 1. The molecule has 30 heavy (non-hydrogen) atoms. The highest BCUT2D eigenvalue weighted by molar-refractivity contribution is 7.15. The van der Waals surface area contributed by atoms with E-state index >= 15 is 0 Å². The number of hydrogen-bond acceptors (Lipinski definition) is 8. The monoisotopic (exact) mass is 429 g/mol. The molecule has 0 aromatic carbocycles. The maximum absolute atomic E-state index is 14.2. The molecule has 1 saturated carbocycles. The largest absolute Gasteiger partial charge is 0.368 e. The van der Waals surface area contributed by atoms with E-state index < -0.39 is 6.29 Å². The molecule has 0 spiro atoms. The van der Waals surface area contributed by atoms with Gasteiger partial charge in [-0.05, 0) is 43.5 Å². The maximum Gasteiger partial charge on any atom is 0.154 e. The average Bonchev–Trinajstić information content (AvgIpc) is 3.22. The molecule has 158 valence electrons. The smallest absolute Gasteiger partial charge is 0.154 e. The number of pyridine rings is 1. The van der Waals surface area contributed by atoms with Crippen LogP contribution in [0.15, 0.2) is 36.7 Å². The molecule has 0 radical (unpaired) electrons. The van der Waals surface area contributed by atoms with Gasteiger partial charge in [0.15, 0.2) is 6.29 Å². The van der Waals surface area contributed by atoms with Crippen molar-refractivity contribution in [2.45, 2.75) is 43.8 Å². The summed E-state index contributed by atoms with van der Waals surface area (Å²) in [4.78, 5) is 9.74. The fourth-order valence-electron chi connectivity index (χ4n) is 3.60. The Morgan fingerprint density at radius 2 is 2.13 bits per heavy atom. The molecule has 3 heterocycles. The Balaban J connectivity index is 1.38. The van der Waals surface area contributed by atoms with Gasteiger partial charge in [-0.25, -0.2) is 9.37 Å². The third-order valence-electron chi connectivity index (χ3n) is 5.53. The van der Waals surface area contributed by atoms with Crippen LogP contribution in [0.5, 0.6) is 0 Å². The van der Waals surface area contributed by atoms with Gasteiger partial charge < -0.3 is 15.2 Å². The lowest BCUT2D eigenvalue weighted by molar-refractivity contribution is -0.0776.